The zero-order valence-corrected chi connectivity index (χ0v) is 26.0. The van der Waals surface area contributed by atoms with E-state index in [1.54, 1.807) is 47.3 Å². The van der Waals surface area contributed by atoms with Gasteiger partial charge in [0.1, 0.15) is 12.4 Å². The minimum atomic E-state index is -0.486. The van der Waals surface area contributed by atoms with Gasteiger partial charge in [0.2, 0.25) is 12.2 Å². The van der Waals surface area contributed by atoms with Crippen LogP contribution in [0.4, 0.5) is 5.69 Å². The van der Waals surface area contributed by atoms with Gasteiger partial charge in [-0.05, 0) is 37.1 Å². The predicted octanol–water partition coefficient (Wildman–Crippen LogP) is 0.0700. The third-order valence-electron chi connectivity index (χ3n) is 5.76. The number of rotatable bonds is 22. The number of aromatic nitrogens is 1. The number of nitrogens with zero attached hydrogens (tertiary/aromatic N) is 4. The molecule has 0 atom stereocenters. The summed E-state index contributed by atoms with van der Waals surface area (Å²) in [6, 6.07) is 10.9. The van der Waals surface area contributed by atoms with Gasteiger partial charge in [-0.2, -0.15) is 9.83 Å². The van der Waals surface area contributed by atoms with Crippen molar-refractivity contribution < 1.29 is 50.2 Å². The Balaban J connectivity index is 0.00000924. The van der Waals surface area contributed by atoms with E-state index in [1.807, 2.05) is 24.3 Å². The first-order valence-corrected chi connectivity index (χ1v) is 14.2. The number of nitriles is 1. The van der Waals surface area contributed by atoms with E-state index in [-0.39, 0.29) is 38.3 Å². The molecule has 0 aliphatic rings. The Morgan fingerprint density at radius 1 is 0.930 bits per heavy atom. The van der Waals surface area contributed by atoms with Crippen molar-refractivity contribution in [1.82, 2.24) is 0 Å². The molecule has 2 N–H and O–H groups in total. The molecule has 43 heavy (non-hydrogen) atoms. The molecule has 1 aromatic carbocycles. The van der Waals surface area contributed by atoms with Gasteiger partial charge in [0.05, 0.1) is 51.9 Å². The van der Waals surface area contributed by atoms with Crippen LogP contribution in [0.2, 0.25) is 5.02 Å². The van der Waals surface area contributed by atoms with E-state index < -0.39 is 5.97 Å². The Morgan fingerprint density at radius 2 is 1.56 bits per heavy atom. The van der Waals surface area contributed by atoms with E-state index in [0.717, 1.165) is 37.1 Å². The quantitative estimate of drug-likeness (QED) is 0.0469. The fraction of sp³-hybridized carbons (Fsp3) is 0.517. The van der Waals surface area contributed by atoms with Crippen LogP contribution >= 0.6 is 11.6 Å². The van der Waals surface area contributed by atoms with Gasteiger partial charge < -0.3 is 51.5 Å². The average molecular weight is 643 g/mol. The Hall–Kier alpha value is -3.18. The molecule has 2 rings (SSSR count). The van der Waals surface area contributed by atoms with Crippen LogP contribution in [0.15, 0.2) is 53.8 Å². The minimum absolute atomic E-state index is 0. The van der Waals surface area contributed by atoms with Gasteiger partial charge in [-0.15, -0.1) is 4.99 Å². The molecule has 0 radical (unpaired) electrons. The molecule has 0 amide bonds. The highest BCUT2D eigenvalue weighted by molar-refractivity contribution is 6.30. The summed E-state index contributed by atoms with van der Waals surface area (Å²) in [5.41, 5.74) is 6.83. The van der Waals surface area contributed by atoms with Crippen LogP contribution in [-0.2, 0) is 35.2 Å². The number of anilines is 1. The third-order valence-corrected chi connectivity index (χ3v) is 6.01. The van der Waals surface area contributed by atoms with Gasteiger partial charge in [-0.3, -0.25) is 0 Å². The van der Waals surface area contributed by atoms with Gasteiger partial charge >= 0.3 is 5.97 Å². The molecule has 0 aliphatic carbocycles. The molecular weight excluding hydrogens is 601 g/mol. The monoisotopic (exact) mass is 641 g/mol. The van der Waals surface area contributed by atoms with Crippen molar-refractivity contribution in [2.24, 2.45) is 10.7 Å². The molecule has 0 unspecified atom stereocenters. The smallest absolute Gasteiger partial charge is 0.336 e. The maximum absolute atomic E-state index is 12.0. The fourth-order valence-electron chi connectivity index (χ4n) is 3.58. The number of guanidine groups is 1. The topological polar surface area (TPSA) is 142 Å². The molecule has 0 saturated carbocycles. The molecule has 12 nitrogen and oxygen atoms in total. The zero-order valence-electron chi connectivity index (χ0n) is 24.5. The molecule has 14 heteroatoms. The number of hydrogen-bond acceptors (Lipinski definition) is 9. The van der Waals surface area contributed by atoms with Crippen molar-refractivity contribution in [2.45, 2.75) is 32.4 Å². The molecule has 0 aliphatic heterocycles. The zero-order chi connectivity index (χ0) is 30.3. The van der Waals surface area contributed by atoms with Gasteiger partial charge in [-0.1, -0.05) is 24.4 Å². The van der Waals surface area contributed by atoms with Crippen LogP contribution in [0, 0.1) is 11.5 Å². The summed E-state index contributed by atoms with van der Waals surface area (Å²) in [5, 5.41) is 9.66. The van der Waals surface area contributed by atoms with Crippen LogP contribution in [0.1, 0.15) is 25.7 Å². The highest BCUT2D eigenvalue weighted by atomic mass is 35.5. The molecule has 2 aromatic rings. The van der Waals surface area contributed by atoms with Crippen molar-refractivity contribution >= 4 is 29.2 Å². The summed E-state index contributed by atoms with van der Waals surface area (Å²) in [6.45, 7) is 3.67. The van der Waals surface area contributed by atoms with E-state index in [4.69, 9.17) is 51.0 Å². The number of benzene rings is 1. The second-order valence-electron chi connectivity index (χ2n) is 8.92. The molecule has 238 valence electrons. The number of aliphatic imine (C=N–C) groups is 1. The fourth-order valence-corrected chi connectivity index (χ4v) is 3.70. The summed E-state index contributed by atoms with van der Waals surface area (Å²) in [7, 11) is 1.62. The normalized spacial score (nSPS) is 11.0. The van der Waals surface area contributed by atoms with Crippen molar-refractivity contribution in [3.63, 3.8) is 0 Å². The summed E-state index contributed by atoms with van der Waals surface area (Å²) in [4.78, 5) is 17.5. The lowest BCUT2D eigenvalue weighted by molar-refractivity contribution is -0.727. The number of ether oxygens (including phenoxy) is 6. The summed E-state index contributed by atoms with van der Waals surface area (Å²) >= 11 is 5.89. The van der Waals surface area contributed by atoms with Gasteiger partial charge in [0.15, 0.2) is 12.4 Å². The number of unbranched alkanes of at least 4 members (excludes halogenated alkanes) is 3. The average Bonchev–Trinajstić information content (AvgIpc) is 3.00. The molecule has 0 fully saturated rings. The minimum Gasteiger partial charge on any atom is -1.00 e. The second-order valence-corrected chi connectivity index (χ2v) is 9.36. The van der Waals surface area contributed by atoms with E-state index >= 15 is 0 Å². The standard InChI is InChI=1S/C29H41ClN5O7.ClH/c1-37-16-17-38-18-19-39-20-21-40-22-28(36)42-24-34-13-10-26(11-14-34)35(29(32)33-23-31)12-4-2-3-5-15-41-27-8-6-25(30)7-9-27;/h6-11,13-14H,2-5,12,15-22,24H2,1H3,(H2,32,33);1H/q+1;/p-1. The summed E-state index contributed by atoms with van der Waals surface area (Å²) in [5.74, 6) is 0.431. The number of nitrogens with two attached hydrogens (primary N) is 1. The van der Waals surface area contributed by atoms with E-state index in [9.17, 15) is 4.79 Å². The maximum atomic E-state index is 12.0. The Morgan fingerprint density at radius 3 is 2.21 bits per heavy atom. The van der Waals surface area contributed by atoms with Gasteiger partial charge in [0, 0.05) is 30.8 Å². The number of hydrogen-bond donors (Lipinski definition) is 1. The number of carbonyl (C=O) groups excluding carboxylic acids is 1. The highest BCUT2D eigenvalue weighted by Gasteiger charge is 2.14. The predicted molar refractivity (Wildman–Crippen MR) is 157 cm³/mol. The first-order valence-electron chi connectivity index (χ1n) is 13.8. The van der Waals surface area contributed by atoms with Crippen LogP contribution in [0.5, 0.6) is 5.75 Å². The third kappa shape index (κ3) is 17.5. The number of esters is 1. The molecular formula is C29H41Cl2N5O7. The van der Waals surface area contributed by atoms with Gasteiger partial charge in [-0.25, -0.2) is 4.79 Å². The molecule has 0 saturated heterocycles. The lowest BCUT2D eigenvalue weighted by Gasteiger charge is -2.22. The molecule has 0 bridgehead atoms. The van der Waals surface area contributed by atoms with Gasteiger partial charge in [0.25, 0.3) is 6.73 Å². The van der Waals surface area contributed by atoms with Crippen LogP contribution in [0.25, 0.3) is 0 Å². The largest absolute Gasteiger partial charge is 1.00 e. The Kier molecular flexibility index (Phi) is 21.4. The number of halogens is 2. The first kappa shape index (κ1) is 37.8. The Labute approximate surface area is 264 Å². The van der Waals surface area contributed by atoms with Crippen molar-refractivity contribution in [2.75, 3.05) is 71.4 Å². The number of carbonyl (C=O) groups is 1. The van der Waals surface area contributed by atoms with Crippen molar-refractivity contribution in [3.05, 3.63) is 53.8 Å². The van der Waals surface area contributed by atoms with E-state index in [1.165, 1.54) is 0 Å². The number of methoxy groups -OCH3 is 1. The van der Waals surface area contributed by atoms with Crippen LogP contribution < -0.4 is 32.3 Å². The van der Waals surface area contributed by atoms with E-state index in [0.29, 0.717) is 51.2 Å². The SMILES string of the molecule is COCCOCCOCCOCC(=O)OC[n+]1ccc(N(CCCCCCOc2ccc(Cl)cc2)C(N)=NC#N)cc1.[Cl-]. The second kappa shape index (κ2) is 24.3. The first-order chi connectivity index (χ1) is 20.5. The van der Waals surface area contributed by atoms with Crippen molar-refractivity contribution in [1.29, 1.82) is 5.26 Å². The summed E-state index contributed by atoms with van der Waals surface area (Å²) in [6.07, 6.45) is 8.96. The Bertz CT molecular complexity index is 1090. The molecule has 1 aromatic heterocycles. The van der Waals surface area contributed by atoms with E-state index in [2.05, 4.69) is 4.99 Å². The molecule has 0 spiro atoms. The summed E-state index contributed by atoms with van der Waals surface area (Å²) < 4.78 is 33.5. The van der Waals surface area contributed by atoms with Crippen LogP contribution in [-0.4, -0.2) is 78.4 Å². The van der Waals surface area contributed by atoms with Crippen molar-refractivity contribution in [3.8, 4) is 11.9 Å². The molecule has 1 heterocycles. The maximum Gasteiger partial charge on any atom is 0.336 e. The highest BCUT2D eigenvalue weighted by Crippen LogP contribution is 2.16. The lowest BCUT2D eigenvalue weighted by atomic mass is 10.2. The lowest BCUT2D eigenvalue weighted by Crippen LogP contribution is -3.00. The van der Waals surface area contributed by atoms with Crippen LogP contribution in [0.3, 0.4) is 0 Å². The number of pyridine rings is 1.